The maximum Gasteiger partial charge on any atom is 0.227 e. The molecule has 3 aromatic rings. The van der Waals surface area contributed by atoms with E-state index in [1.165, 1.54) is 0 Å². The van der Waals surface area contributed by atoms with Crippen LogP contribution in [-0.2, 0) is 4.79 Å². The lowest BCUT2D eigenvalue weighted by atomic mass is 10.3. The Morgan fingerprint density at radius 3 is 3.05 bits per heavy atom. The number of nitrogens with zero attached hydrogens (tertiary/aromatic N) is 2. The van der Waals surface area contributed by atoms with Gasteiger partial charge in [0.2, 0.25) is 5.91 Å². The molecule has 4 rings (SSSR count). The number of amides is 1. The van der Waals surface area contributed by atoms with Gasteiger partial charge in [0.15, 0.2) is 5.82 Å². The molecule has 1 saturated carbocycles. The first-order valence-corrected chi connectivity index (χ1v) is 6.74. The Morgan fingerprint density at radius 2 is 2.24 bits per heavy atom. The molecule has 0 spiro atoms. The Kier molecular flexibility index (Phi) is 2.47. The Balaban J connectivity index is 1.71. The van der Waals surface area contributed by atoms with Crippen molar-refractivity contribution in [2.75, 3.05) is 5.32 Å². The molecule has 2 heterocycles. The normalized spacial score (nSPS) is 14.5. The number of phenols is 1. The molecule has 0 unspecified atom stereocenters. The fourth-order valence-electron chi connectivity index (χ4n) is 2.26. The molecule has 106 valence electrons. The summed E-state index contributed by atoms with van der Waals surface area (Å²) in [5, 5.41) is 19.2. The van der Waals surface area contributed by atoms with Crippen molar-refractivity contribution in [3.8, 4) is 17.3 Å². The van der Waals surface area contributed by atoms with Crippen molar-refractivity contribution in [1.29, 1.82) is 0 Å². The number of phenolic OH excluding ortho intramolecular Hbond substituents is 1. The van der Waals surface area contributed by atoms with Gasteiger partial charge in [0.1, 0.15) is 11.4 Å². The van der Waals surface area contributed by atoms with Gasteiger partial charge in [-0.2, -0.15) is 5.10 Å². The van der Waals surface area contributed by atoms with Crippen LogP contribution in [0.25, 0.3) is 22.6 Å². The number of imidazole rings is 1. The standard InChI is InChI=1S/C14H13N5O2/c20-8-3-4-9-10(5-8)17-13(16-9)12-11(6-15-19-12)18-14(21)7-1-2-7/h3-7,20H,1-2H2,(H,15,19)(H,16,17)(H,18,21). The summed E-state index contributed by atoms with van der Waals surface area (Å²) in [6.45, 7) is 0. The number of fused-ring (bicyclic) bond motifs is 1. The molecule has 7 heteroatoms. The van der Waals surface area contributed by atoms with E-state index in [4.69, 9.17) is 0 Å². The lowest BCUT2D eigenvalue weighted by Crippen LogP contribution is -2.13. The number of benzene rings is 1. The van der Waals surface area contributed by atoms with Crippen molar-refractivity contribution < 1.29 is 9.90 Å². The highest BCUT2D eigenvalue weighted by Gasteiger charge is 2.30. The molecule has 1 aromatic carbocycles. The lowest BCUT2D eigenvalue weighted by molar-refractivity contribution is -0.117. The van der Waals surface area contributed by atoms with Gasteiger partial charge >= 0.3 is 0 Å². The van der Waals surface area contributed by atoms with Crippen LogP contribution < -0.4 is 5.32 Å². The van der Waals surface area contributed by atoms with Crippen molar-refractivity contribution in [2.24, 2.45) is 5.92 Å². The Morgan fingerprint density at radius 1 is 1.38 bits per heavy atom. The molecule has 7 nitrogen and oxygen atoms in total. The molecule has 0 aliphatic heterocycles. The fraction of sp³-hybridized carbons (Fsp3) is 0.214. The van der Waals surface area contributed by atoms with Crippen molar-refractivity contribution in [3.63, 3.8) is 0 Å². The minimum atomic E-state index is 0.0198. The third kappa shape index (κ3) is 2.12. The maximum atomic E-state index is 11.9. The monoisotopic (exact) mass is 283 g/mol. The second-order valence-corrected chi connectivity index (χ2v) is 5.21. The van der Waals surface area contributed by atoms with E-state index in [2.05, 4.69) is 25.5 Å². The first kappa shape index (κ1) is 12.0. The zero-order chi connectivity index (χ0) is 14.4. The second-order valence-electron chi connectivity index (χ2n) is 5.21. The summed E-state index contributed by atoms with van der Waals surface area (Å²) < 4.78 is 0. The van der Waals surface area contributed by atoms with Crippen LogP contribution in [0, 0.1) is 5.92 Å². The average Bonchev–Trinajstić information content (AvgIpc) is 3.08. The van der Waals surface area contributed by atoms with Crippen LogP contribution in [0.4, 0.5) is 5.69 Å². The van der Waals surface area contributed by atoms with E-state index < -0.39 is 0 Å². The first-order valence-electron chi connectivity index (χ1n) is 6.74. The summed E-state index contributed by atoms with van der Waals surface area (Å²) in [7, 11) is 0. The van der Waals surface area contributed by atoms with Gasteiger partial charge in [0.05, 0.1) is 22.9 Å². The Hall–Kier alpha value is -2.83. The molecule has 2 aromatic heterocycles. The highest BCUT2D eigenvalue weighted by atomic mass is 16.3. The predicted octanol–water partition coefficient (Wildman–Crippen LogP) is 2.01. The average molecular weight is 283 g/mol. The van der Waals surface area contributed by atoms with Gasteiger partial charge in [-0.25, -0.2) is 4.98 Å². The number of rotatable bonds is 3. The molecule has 0 atom stereocenters. The van der Waals surface area contributed by atoms with Crippen LogP contribution in [0.5, 0.6) is 5.75 Å². The third-order valence-corrected chi connectivity index (χ3v) is 3.55. The molecule has 21 heavy (non-hydrogen) atoms. The van der Waals surface area contributed by atoms with E-state index in [1.54, 1.807) is 24.4 Å². The molecular formula is C14H13N5O2. The number of hydrogen-bond acceptors (Lipinski definition) is 4. The third-order valence-electron chi connectivity index (χ3n) is 3.55. The lowest BCUT2D eigenvalue weighted by Gasteiger charge is -2.02. The zero-order valence-corrected chi connectivity index (χ0v) is 11.1. The van der Waals surface area contributed by atoms with Gasteiger partial charge in [0, 0.05) is 12.0 Å². The van der Waals surface area contributed by atoms with Gasteiger partial charge in [0.25, 0.3) is 0 Å². The number of anilines is 1. The van der Waals surface area contributed by atoms with Gasteiger partial charge in [-0.1, -0.05) is 0 Å². The van der Waals surface area contributed by atoms with Gasteiger partial charge < -0.3 is 15.4 Å². The van der Waals surface area contributed by atoms with Crippen LogP contribution in [0.3, 0.4) is 0 Å². The molecule has 1 aliphatic rings. The molecule has 1 fully saturated rings. The van der Waals surface area contributed by atoms with E-state index in [-0.39, 0.29) is 17.6 Å². The zero-order valence-electron chi connectivity index (χ0n) is 11.1. The van der Waals surface area contributed by atoms with E-state index >= 15 is 0 Å². The number of aromatic amines is 2. The molecule has 1 amide bonds. The summed E-state index contributed by atoms with van der Waals surface area (Å²) in [5.41, 5.74) is 2.69. The molecular weight excluding hydrogens is 270 g/mol. The highest BCUT2D eigenvalue weighted by molar-refractivity contribution is 5.97. The largest absolute Gasteiger partial charge is 0.508 e. The Bertz CT molecular complexity index is 831. The van der Waals surface area contributed by atoms with Crippen LogP contribution >= 0.6 is 0 Å². The fourth-order valence-corrected chi connectivity index (χ4v) is 2.26. The predicted molar refractivity (Wildman–Crippen MR) is 76.7 cm³/mol. The van der Waals surface area contributed by atoms with Gasteiger partial charge in [-0.3, -0.25) is 9.89 Å². The number of aromatic hydroxyl groups is 1. The van der Waals surface area contributed by atoms with Crippen molar-refractivity contribution >= 4 is 22.6 Å². The Labute approximate surface area is 119 Å². The number of carbonyl (C=O) groups excluding carboxylic acids is 1. The van der Waals surface area contributed by atoms with E-state index in [0.717, 1.165) is 23.9 Å². The van der Waals surface area contributed by atoms with Gasteiger partial charge in [-0.05, 0) is 25.0 Å². The summed E-state index contributed by atoms with van der Waals surface area (Å²) in [4.78, 5) is 19.4. The SMILES string of the molecule is O=C(Nc1cn[nH]c1-c1nc2ccc(O)cc2[nH]1)C1CC1. The number of hydrogen-bond donors (Lipinski definition) is 4. The molecule has 0 bridgehead atoms. The maximum absolute atomic E-state index is 11.9. The topological polar surface area (TPSA) is 107 Å². The van der Waals surface area contributed by atoms with Crippen molar-refractivity contribution in [1.82, 2.24) is 20.2 Å². The van der Waals surface area contributed by atoms with Crippen molar-refractivity contribution in [2.45, 2.75) is 12.8 Å². The molecule has 1 aliphatic carbocycles. The van der Waals surface area contributed by atoms with Crippen LogP contribution in [-0.4, -0.2) is 31.2 Å². The van der Waals surface area contributed by atoms with E-state index in [1.807, 2.05) is 0 Å². The smallest absolute Gasteiger partial charge is 0.227 e. The molecule has 4 N–H and O–H groups in total. The summed E-state index contributed by atoms with van der Waals surface area (Å²) in [6.07, 6.45) is 3.46. The quantitative estimate of drug-likeness (QED) is 0.589. The number of carbonyl (C=O) groups is 1. The number of H-pyrrole nitrogens is 2. The first-order chi connectivity index (χ1) is 10.2. The van der Waals surface area contributed by atoms with Crippen molar-refractivity contribution in [3.05, 3.63) is 24.4 Å². The highest BCUT2D eigenvalue weighted by Crippen LogP contribution is 2.32. The summed E-state index contributed by atoms with van der Waals surface area (Å²) >= 11 is 0. The number of nitrogens with one attached hydrogen (secondary N) is 3. The van der Waals surface area contributed by atoms with Crippen LogP contribution in [0.1, 0.15) is 12.8 Å². The van der Waals surface area contributed by atoms with E-state index in [0.29, 0.717) is 17.2 Å². The second kappa shape index (κ2) is 4.34. The molecule has 0 radical (unpaired) electrons. The summed E-state index contributed by atoms with van der Waals surface area (Å²) in [5.74, 6) is 0.885. The van der Waals surface area contributed by atoms with E-state index in [9.17, 15) is 9.90 Å². The summed E-state index contributed by atoms with van der Waals surface area (Å²) in [6, 6.07) is 4.91. The number of aromatic nitrogens is 4. The van der Waals surface area contributed by atoms with Crippen LogP contribution in [0.15, 0.2) is 24.4 Å². The molecule has 0 saturated heterocycles. The van der Waals surface area contributed by atoms with Crippen LogP contribution in [0.2, 0.25) is 0 Å². The van der Waals surface area contributed by atoms with Gasteiger partial charge in [-0.15, -0.1) is 0 Å². The minimum Gasteiger partial charge on any atom is -0.508 e. The minimum absolute atomic E-state index is 0.0198.